The van der Waals surface area contributed by atoms with Gasteiger partial charge < -0.3 is 15.5 Å². The molecule has 24 heavy (non-hydrogen) atoms. The van der Waals surface area contributed by atoms with Gasteiger partial charge in [0.2, 0.25) is 5.91 Å². The average molecular weight is 343 g/mol. The van der Waals surface area contributed by atoms with E-state index in [1.807, 2.05) is 24.3 Å². The van der Waals surface area contributed by atoms with Gasteiger partial charge in [-0.3, -0.25) is 9.59 Å². The Kier molecular flexibility index (Phi) is 3.49. The molecule has 0 atom stereocenters. The van der Waals surface area contributed by atoms with E-state index in [9.17, 15) is 9.59 Å². The van der Waals surface area contributed by atoms with Gasteiger partial charge in [0.1, 0.15) is 5.54 Å². The van der Waals surface area contributed by atoms with Crippen LogP contribution in [-0.2, 0) is 4.79 Å². The summed E-state index contributed by atoms with van der Waals surface area (Å²) in [5, 5.41) is 6.37. The van der Waals surface area contributed by atoms with Gasteiger partial charge in [-0.15, -0.1) is 0 Å². The molecule has 0 aliphatic carbocycles. The first-order valence-corrected chi connectivity index (χ1v) is 8.59. The minimum Gasteiger partial charge on any atom is -0.369 e. The zero-order valence-electron chi connectivity index (χ0n) is 13.2. The molecular weight excluding hydrogens is 326 g/mol. The fourth-order valence-electron chi connectivity index (χ4n) is 3.28. The van der Waals surface area contributed by atoms with Crippen molar-refractivity contribution in [3.8, 4) is 0 Å². The molecule has 8 heteroatoms. The summed E-state index contributed by atoms with van der Waals surface area (Å²) in [4.78, 5) is 26.9. The van der Waals surface area contributed by atoms with Gasteiger partial charge in [0, 0.05) is 13.1 Å². The van der Waals surface area contributed by atoms with Crippen LogP contribution >= 0.6 is 11.7 Å². The van der Waals surface area contributed by atoms with Crippen LogP contribution < -0.4 is 10.6 Å². The molecule has 1 aromatic carbocycles. The van der Waals surface area contributed by atoms with E-state index in [1.165, 1.54) is 0 Å². The fourth-order valence-corrected chi connectivity index (χ4v) is 3.82. The maximum absolute atomic E-state index is 12.6. The van der Waals surface area contributed by atoms with Gasteiger partial charge in [-0.05, 0) is 31.9 Å². The van der Waals surface area contributed by atoms with E-state index in [0.717, 1.165) is 23.1 Å². The molecular formula is C16H17N5O2S. The summed E-state index contributed by atoms with van der Waals surface area (Å²) in [7, 11) is 0. The van der Waals surface area contributed by atoms with Crippen LogP contribution in [0.25, 0.3) is 0 Å². The number of amides is 2. The van der Waals surface area contributed by atoms with Crippen molar-refractivity contribution in [2.75, 3.05) is 23.7 Å². The monoisotopic (exact) mass is 343 g/mol. The van der Waals surface area contributed by atoms with E-state index >= 15 is 0 Å². The minimum absolute atomic E-state index is 0.0280. The highest BCUT2D eigenvalue weighted by Gasteiger charge is 2.45. The van der Waals surface area contributed by atoms with Crippen LogP contribution in [0.5, 0.6) is 0 Å². The Labute approximate surface area is 143 Å². The Hall–Kier alpha value is -2.48. The number of carbonyl (C=O) groups excluding carboxylic acids is 2. The van der Waals surface area contributed by atoms with Gasteiger partial charge in [-0.2, -0.15) is 8.75 Å². The molecule has 1 saturated heterocycles. The molecule has 0 bridgehead atoms. The van der Waals surface area contributed by atoms with Gasteiger partial charge >= 0.3 is 0 Å². The Morgan fingerprint density at radius 3 is 2.58 bits per heavy atom. The number of aryl methyl sites for hydroxylation is 1. The minimum atomic E-state index is -0.652. The third kappa shape index (κ3) is 2.34. The van der Waals surface area contributed by atoms with Crippen LogP contribution in [-0.4, -0.2) is 44.1 Å². The number of anilines is 2. The van der Waals surface area contributed by atoms with Crippen molar-refractivity contribution in [1.29, 1.82) is 0 Å². The van der Waals surface area contributed by atoms with Gasteiger partial charge in [-0.1, -0.05) is 12.1 Å². The average Bonchev–Trinajstić information content (AvgIpc) is 3.02. The molecule has 2 N–H and O–H groups in total. The summed E-state index contributed by atoms with van der Waals surface area (Å²) in [5.41, 5.74) is 2.16. The van der Waals surface area contributed by atoms with Crippen molar-refractivity contribution >= 4 is 34.9 Å². The van der Waals surface area contributed by atoms with Gasteiger partial charge in [0.05, 0.1) is 28.8 Å². The number of aromatic nitrogens is 2. The standard InChI is InChI=1S/C16H17N5O2S/c1-10-13(20-24-19-10)14(22)21-8-6-16(7-9-21)15(23)17-11-4-2-3-5-12(11)18-16/h2-5,18H,6-9H2,1H3,(H,17,23). The van der Waals surface area contributed by atoms with Crippen LogP contribution in [0.15, 0.2) is 24.3 Å². The van der Waals surface area contributed by atoms with Crippen molar-refractivity contribution in [3.63, 3.8) is 0 Å². The first-order valence-electron chi connectivity index (χ1n) is 7.86. The third-order valence-corrected chi connectivity index (χ3v) is 5.36. The second kappa shape index (κ2) is 5.55. The normalized spacial score (nSPS) is 18.7. The van der Waals surface area contributed by atoms with Gasteiger partial charge in [0.25, 0.3) is 5.91 Å². The highest BCUT2D eigenvalue weighted by atomic mass is 32.1. The Morgan fingerprint density at radius 2 is 1.92 bits per heavy atom. The Bertz CT molecular complexity index is 810. The lowest BCUT2D eigenvalue weighted by molar-refractivity contribution is -0.122. The number of para-hydroxylation sites is 2. The summed E-state index contributed by atoms with van der Waals surface area (Å²) in [6.45, 7) is 2.81. The SMILES string of the molecule is Cc1nsnc1C(=O)N1CCC2(CC1)Nc1ccccc1NC2=O. The van der Waals surface area contributed by atoms with Crippen LogP contribution in [0.1, 0.15) is 29.0 Å². The lowest BCUT2D eigenvalue weighted by atomic mass is 9.84. The van der Waals surface area contributed by atoms with Crippen LogP contribution in [0, 0.1) is 6.92 Å². The summed E-state index contributed by atoms with van der Waals surface area (Å²) < 4.78 is 8.14. The topological polar surface area (TPSA) is 87.2 Å². The molecule has 1 fully saturated rings. The van der Waals surface area contributed by atoms with Crippen LogP contribution in [0.2, 0.25) is 0 Å². The molecule has 124 valence electrons. The molecule has 0 radical (unpaired) electrons. The number of likely N-dealkylation sites (tertiary alicyclic amines) is 1. The molecule has 0 unspecified atom stereocenters. The van der Waals surface area contributed by atoms with Crippen molar-refractivity contribution in [2.45, 2.75) is 25.3 Å². The van der Waals surface area contributed by atoms with Gasteiger partial charge in [0.15, 0.2) is 5.69 Å². The van der Waals surface area contributed by atoms with E-state index in [4.69, 9.17) is 0 Å². The lowest BCUT2D eigenvalue weighted by Gasteiger charge is -2.44. The van der Waals surface area contributed by atoms with Crippen molar-refractivity contribution in [2.24, 2.45) is 0 Å². The fraction of sp³-hybridized carbons (Fsp3) is 0.375. The molecule has 2 aromatic rings. The molecule has 4 rings (SSSR count). The van der Waals surface area contributed by atoms with Crippen LogP contribution in [0.4, 0.5) is 11.4 Å². The summed E-state index contributed by atoms with van der Waals surface area (Å²) >= 11 is 1.05. The Morgan fingerprint density at radius 1 is 1.21 bits per heavy atom. The maximum Gasteiger partial charge on any atom is 0.275 e. The maximum atomic E-state index is 12.6. The smallest absolute Gasteiger partial charge is 0.275 e. The van der Waals surface area contributed by atoms with Crippen LogP contribution in [0.3, 0.4) is 0 Å². The first kappa shape index (κ1) is 15.1. The highest BCUT2D eigenvalue weighted by Crippen LogP contribution is 2.36. The zero-order chi connectivity index (χ0) is 16.7. The number of hydrogen-bond acceptors (Lipinski definition) is 6. The number of benzene rings is 1. The number of rotatable bonds is 1. The summed E-state index contributed by atoms with van der Waals surface area (Å²) in [5.74, 6) is -0.132. The first-order chi connectivity index (χ1) is 11.6. The summed E-state index contributed by atoms with van der Waals surface area (Å²) in [6.07, 6.45) is 1.13. The molecule has 0 saturated carbocycles. The molecule has 1 spiro atoms. The van der Waals surface area contributed by atoms with E-state index in [1.54, 1.807) is 11.8 Å². The second-order valence-corrected chi connectivity index (χ2v) is 6.73. The molecule has 2 amide bonds. The zero-order valence-corrected chi connectivity index (χ0v) is 14.0. The molecule has 3 heterocycles. The number of hydrogen-bond donors (Lipinski definition) is 2. The number of nitrogens with one attached hydrogen (secondary N) is 2. The predicted octanol–water partition coefficient (Wildman–Crippen LogP) is 1.89. The quantitative estimate of drug-likeness (QED) is 0.826. The molecule has 1 aromatic heterocycles. The van der Waals surface area contributed by atoms with Crippen molar-refractivity contribution in [3.05, 3.63) is 35.7 Å². The lowest BCUT2D eigenvalue weighted by Crippen LogP contribution is -2.59. The number of piperidine rings is 1. The summed E-state index contributed by atoms with van der Waals surface area (Å²) in [6, 6.07) is 7.67. The van der Waals surface area contributed by atoms with Crippen molar-refractivity contribution in [1.82, 2.24) is 13.6 Å². The van der Waals surface area contributed by atoms with E-state index in [0.29, 0.717) is 37.3 Å². The van der Waals surface area contributed by atoms with E-state index in [2.05, 4.69) is 19.4 Å². The highest BCUT2D eigenvalue weighted by molar-refractivity contribution is 6.99. The number of nitrogens with zero attached hydrogens (tertiary/aromatic N) is 3. The Balaban J connectivity index is 1.51. The predicted molar refractivity (Wildman–Crippen MR) is 91.2 cm³/mol. The van der Waals surface area contributed by atoms with E-state index < -0.39 is 5.54 Å². The van der Waals surface area contributed by atoms with E-state index in [-0.39, 0.29) is 11.8 Å². The number of fused-ring (bicyclic) bond motifs is 1. The van der Waals surface area contributed by atoms with Crippen molar-refractivity contribution < 1.29 is 9.59 Å². The number of carbonyl (C=O) groups is 2. The molecule has 7 nitrogen and oxygen atoms in total. The largest absolute Gasteiger partial charge is 0.369 e. The second-order valence-electron chi connectivity index (χ2n) is 6.20. The third-order valence-electron chi connectivity index (χ3n) is 4.74. The van der Waals surface area contributed by atoms with Gasteiger partial charge in [-0.25, -0.2) is 0 Å². The molecule has 2 aliphatic heterocycles. The molecule has 2 aliphatic rings.